The molecule has 124 valence electrons. The number of carbonyl (C=O) groups is 2. The fourth-order valence-corrected chi connectivity index (χ4v) is 5.23. The van der Waals surface area contributed by atoms with Gasteiger partial charge in [0.25, 0.3) is 5.91 Å². The van der Waals surface area contributed by atoms with Gasteiger partial charge >= 0.3 is 5.97 Å². The van der Waals surface area contributed by atoms with Gasteiger partial charge in [0.15, 0.2) is 0 Å². The van der Waals surface area contributed by atoms with E-state index in [2.05, 4.69) is 4.98 Å². The van der Waals surface area contributed by atoms with Gasteiger partial charge in [-0.3, -0.25) is 9.59 Å². The van der Waals surface area contributed by atoms with Crippen molar-refractivity contribution in [1.82, 2.24) is 9.88 Å². The Bertz CT molecular complexity index is 640. The molecule has 0 bridgehead atoms. The summed E-state index contributed by atoms with van der Waals surface area (Å²) < 4.78 is 5.61. The van der Waals surface area contributed by atoms with E-state index in [9.17, 15) is 14.7 Å². The zero-order valence-electron chi connectivity index (χ0n) is 12.9. The number of hydrogen-bond donors (Lipinski definition) is 1. The van der Waals surface area contributed by atoms with Crippen LogP contribution in [0.15, 0.2) is 6.20 Å². The van der Waals surface area contributed by atoms with Gasteiger partial charge in [-0.1, -0.05) is 6.42 Å². The predicted octanol–water partition coefficient (Wildman–Crippen LogP) is 2.32. The van der Waals surface area contributed by atoms with Crippen molar-refractivity contribution in [2.24, 2.45) is 11.3 Å². The Hall–Kier alpha value is -1.47. The van der Waals surface area contributed by atoms with Crippen molar-refractivity contribution in [2.45, 2.75) is 38.2 Å². The number of rotatable bonds is 3. The Kier molecular flexibility index (Phi) is 3.65. The second kappa shape index (κ2) is 5.56. The SMILES string of the molecule is O=C(c1cnc(C2CCCO2)s1)N1C[C@@H]2CCC[C@@]2(C(=O)O)C1. The van der Waals surface area contributed by atoms with Crippen LogP contribution in [0.25, 0.3) is 0 Å². The normalized spacial score (nSPS) is 33.1. The van der Waals surface area contributed by atoms with Crippen molar-refractivity contribution in [3.63, 3.8) is 0 Å². The van der Waals surface area contributed by atoms with Crippen molar-refractivity contribution in [3.05, 3.63) is 16.1 Å². The number of aliphatic carboxylic acids is 1. The Morgan fingerprint density at radius 1 is 1.39 bits per heavy atom. The van der Waals surface area contributed by atoms with Gasteiger partial charge < -0.3 is 14.7 Å². The summed E-state index contributed by atoms with van der Waals surface area (Å²) in [7, 11) is 0. The van der Waals surface area contributed by atoms with Gasteiger partial charge in [-0.25, -0.2) is 4.98 Å². The van der Waals surface area contributed by atoms with Gasteiger partial charge in [0.2, 0.25) is 0 Å². The molecule has 7 heteroatoms. The number of ether oxygens (including phenoxy) is 1. The molecule has 1 aromatic rings. The van der Waals surface area contributed by atoms with Crippen LogP contribution in [0.4, 0.5) is 0 Å². The summed E-state index contributed by atoms with van der Waals surface area (Å²) in [6.45, 7) is 1.64. The molecular formula is C16H20N2O4S. The molecule has 1 aromatic heterocycles. The molecule has 1 saturated carbocycles. The molecular weight excluding hydrogens is 316 g/mol. The molecule has 2 aliphatic heterocycles. The predicted molar refractivity (Wildman–Crippen MR) is 83.4 cm³/mol. The molecule has 3 heterocycles. The Morgan fingerprint density at radius 2 is 2.26 bits per heavy atom. The maximum atomic E-state index is 12.7. The molecule has 3 fully saturated rings. The Balaban J connectivity index is 1.51. The van der Waals surface area contributed by atoms with E-state index in [1.807, 2.05) is 0 Å². The monoisotopic (exact) mass is 336 g/mol. The van der Waals surface area contributed by atoms with Crippen LogP contribution in [0.5, 0.6) is 0 Å². The molecule has 1 amide bonds. The van der Waals surface area contributed by atoms with Crippen LogP contribution in [0.1, 0.15) is 52.9 Å². The molecule has 0 radical (unpaired) electrons. The number of carbonyl (C=O) groups excluding carboxylic acids is 1. The summed E-state index contributed by atoms with van der Waals surface area (Å²) in [5, 5.41) is 10.5. The van der Waals surface area contributed by atoms with Crippen LogP contribution >= 0.6 is 11.3 Å². The van der Waals surface area contributed by atoms with E-state index in [0.29, 0.717) is 24.4 Å². The number of carboxylic acid groups (broad SMARTS) is 1. The minimum atomic E-state index is -0.750. The van der Waals surface area contributed by atoms with E-state index >= 15 is 0 Å². The first-order valence-corrected chi connectivity index (χ1v) is 9.02. The number of nitrogens with zero attached hydrogens (tertiary/aromatic N) is 2. The first-order chi connectivity index (χ1) is 11.1. The Morgan fingerprint density at radius 3 is 2.96 bits per heavy atom. The van der Waals surface area contributed by atoms with Crippen molar-refractivity contribution >= 4 is 23.2 Å². The van der Waals surface area contributed by atoms with Gasteiger partial charge in [-0.05, 0) is 31.6 Å². The van der Waals surface area contributed by atoms with Gasteiger partial charge in [-0.2, -0.15) is 0 Å². The van der Waals surface area contributed by atoms with E-state index in [1.54, 1.807) is 11.1 Å². The van der Waals surface area contributed by atoms with E-state index in [0.717, 1.165) is 37.3 Å². The van der Waals surface area contributed by atoms with Crippen LogP contribution in [0, 0.1) is 11.3 Å². The zero-order valence-corrected chi connectivity index (χ0v) is 13.7. The second-order valence-corrected chi connectivity index (χ2v) is 7.86. The maximum absolute atomic E-state index is 12.7. The molecule has 3 aliphatic rings. The lowest BCUT2D eigenvalue weighted by atomic mass is 9.81. The summed E-state index contributed by atoms with van der Waals surface area (Å²) in [4.78, 5) is 31.1. The minimum Gasteiger partial charge on any atom is -0.481 e. The average Bonchev–Trinajstić information content (AvgIpc) is 3.27. The van der Waals surface area contributed by atoms with Crippen molar-refractivity contribution in [2.75, 3.05) is 19.7 Å². The molecule has 3 atom stereocenters. The molecule has 0 aromatic carbocycles. The first-order valence-electron chi connectivity index (χ1n) is 8.20. The van der Waals surface area contributed by atoms with Crippen molar-refractivity contribution in [3.8, 4) is 0 Å². The van der Waals surface area contributed by atoms with E-state index < -0.39 is 11.4 Å². The fourth-order valence-electron chi connectivity index (χ4n) is 4.26. The average molecular weight is 336 g/mol. The topological polar surface area (TPSA) is 79.7 Å². The number of fused-ring (bicyclic) bond motifs is 1. The summed E-state index contributed by atoms with van der Waals surface area (Å²) in [5.74, 6) is -0.740. The van der Waals surface area contributed by atoms with Gasteiger partial charge in [0.1, 0.15) is 16.0 Å². The third-order valence-electron chi connectivity index (χ3n) is 5.52. The highest BCUT2D eigenvalue weighted by molar-refractivity contribution is 7.13. The first kappa shape index (κ1) is 15.1. The third-order valence-corrected chi connectivity index (χ3v) is 6.60. The van der Waals surface area contributed by atoms with Crippen molar-refractivity contribution in [1.29, 1.82) is 0 Å². The van der Waals surface area contributed by atoms with Crippen LogP contribution < -0.4 is 0 Å². The second-order valence-electron chi connectivity index (χ2n) is 6.80. The highest BCUT2D eigenvalue weighted by Crippen LogP contribution is 2.49. The lowest BCUT2D eigenvalue weighted by Gasteiger charge is -2.23. The van der Waals surface area contributed by atoms with Crippen LogP contribution in [-0.2, 0) is 9.53 Å². The number of carboxylic acids is 1. The van der Waals surface area contributed by atoms with Gasteiger partial charge in [-0.15, -0.1) is 11.3 Å². The van der Waals surface area contributed by atoms with Crippen molar-refractivity contribution < 1.29 is 19.4 Å². The van der Waals surface area contributed by atoms with E-state index in [4.69, 9.17) is 4.74 Å². The zero-order chi connectivity index (χ0) is 16.0. The molecule has 1 unspecified atom stereocenters. The third kappa shape index (κ3) is 2.37. The molecule has 1 aliphatic carbocycles. The van der Waals surface area contributed by atoms with Gasteiger partial charge in [0, 0.05) is 19.7 Å². The minimum absolute atomic E-state index is 0.0184. The maximum Gasteiger partial charge on any atom is 0.311 e. The summed E-state index contributed by atoms with van der Waals surface area (Å²) in [5.41, 5.74) is -0.724. The number of aromatic nitrogens is 1. The summed E-state index contributed by atoms with van der Waals surface area (Å²) >= 11 is 1.39. The van der Waals surface area contributed by atoms with Crippen LogP contribution in [-0.4, -0.2) is 46.6 Å². The van der Waals surface area contributed by atoms with Crippen LogP contribution in [0.3, 0.4) is 0 Å². The quantitative estimate of drug-likeness (QED) is 0.916. The van der Waals surface area contributed by atoms with Gasteiger partial charge in [0.05, 0.1) is 11.6 Å². The number of likely N-dealkylation sites (tertiary alicyclic amines) is 1. The molecule has 2 saturated heterocycles. The molecule has 4 rings (SSSR count). The smallest absolute Gasteiger partial charge is 0.311 e. The number of amides is 1. The highest BCUT2D eigenvalue weighted by Gasteiger charge is 2.55. The Labute approximate surface area is 138 Å². The molecule has 1 N–H and O–H groups in total. The molecule has 0 spiro atoms. The van der Waals surface area contributed by atoms with E-state index in [-0.39, 0.29) is 17.9 Å². The number of thiazole rings is 1. The molecule has 6 nitrogen and oxygen atoms in total. The lowest BCUT2D eigenvalue weighted by Crippen LogP contribution is -2.37. The van der Waals surface area contributed by atoms with Crippen LogP contribution in [0.2, 0.25) is 0 Å². The lowest BCUT2D eigenvalue weighted by molar-refractivity contribution is -0.149. The summed E-state index contributed by atoms with van der Waals surface area (Å²) in [6.07, 6.45) is 6.15. The fraction of sp³-hybridized carbons (Fsp3) is 0.688. The molecule has 23 heavy (non-hydrogen) atoms. The standard InChI is InChI=1S/C16H20N2O4S/c19-14(12-7-17-13(23-12)11-4-2-6-22-11)18-8-10-3-1-5-16(10,9-18)15(20)21/h7,10-11H,1-6,8-9H2,(H,20,21)/t10-,11?,16+/m0/s1. The highest BCUT2D eigenvalue weighted by atomic mass is 32.1. The van der Waals surface area contributed by atoms with E-state index in [1.165, 1.54) is 11.3 Å². The number of hydrogen-bond acceptors (Lipinski definition) is 5. The largest absolute Gasteiger partial charge is 0.481 e. The summed E-state index contributed by atoms with van der Waals surface area (Å²) in [6, 6.07) is 0.